The third kappa shape index (κ3) is 2.89. The molecule has 0 atom stereocenters. The Hall–Kier alpha value is -2.53. The maximum Gasteiger partial charge on any atom is 0.156 e. The first-order valence-corrected chi connectivity index (χ1v) is 7.25. The van der Waals surface area contributed by atoms with E-state index in [4.69, 9.17) is 5.73 Å². The number of benzene rings is 2. The van der Waals surface area contributed by atoms with E-state index >= 15 is 0 Å². The molecule has 0 saturated heterocycles. The third-order valence-corrected chi connectivity index (χ3v) is 3.48. The quantitative estimate of drug-likeness (QED) is 0.710. The van der Waals surface area contributed by atoms with Crippen molar-refractivity contribution in [3.63, 3.8) is 0 Å². The molecule has 0 unspecified atom stereocenters. The van der Waals surface area contributed by atoms with Gasteiger partial charge in [0, 0.05) is 22.9 Å². The lowest BCUT2D eigenvalue weighted by Gasteiger charge is -2.10. The monoisotopic (exact) mass is 296 g/mol. The predicted molar refractivity (Wildman–Crippen MR) is 87.1 cm³/mol. The Morgan fingerprint density at radius 3 is 2.41 bits per heavy atom. The van der Waals surface area contributed by atoms with E-state index in [-0.39, 0.29) is 5.82 Å². The molecule has 0 spiro atoms. The number of anilines is 1. The zero-order chi connectivity index (χ0) is 15.4. The van der Waals surface area contributed by atoms with Crippen molar-refractivity contribution in [3.05, 3.63) is 54.3 Å². The lowest BCUT2D eigenvalue weighted by molar-refractivity contribution is 0.628. The summed E-state index contributed by atoms with van der Waals surface area (Å²) >= 11 is 0. The van der Waals surface area contributed by atoms with Crippen molar-refractivity contribution in [2.75, 3.05) is 18.4 Å². The van der Waals surface area contributed by atoms with Crippen molar-refractivity contribution < 1.29 is 4.39 Å². The number of nitrogens with two attached hydrogens (primary N) is 1. The Kier molecular flexibility index (Phi) is 4.25. The summed E-state index contributed by atoms with van der Waals surface area (Å²) in [6.07, 6.45) is 0.871. The number of aromatic nitrogens is 2. The van der Waals surface area contributed by atoms with Gasteiger partial charge in [-0.2, -0.15) is 0 Å². The largest absolute Gasteiger partial charge is 0.368 e. The summed E-state index contributed by atoms with van der Waals surface area (Å²) < 4.78 is 13.1. The molecule has 1 heterocycles. The molecule has 5 heteroatoms. The van der Waals surface area contributed by atoms with Crippen LogP contribution in [0.3, 0.4) is 0 Å². The predicted octanol–water partition coefficient (Wildman–Crippen LogP) is 3.20. The Morgan fingerprint density at radius 2 is 1.68 bits per heavy atom. The molecule has 0 radical (unpaired) electrons. The van der Waals surface area contributed by atoms with Gasteiger partial charge in [-0.3, -0.25) is 0 Å². The zero-order valence-corrected chi connectivity index (χ0v) is 12.1. The summed E-state index contributed by atoms with van der Waals surface area (Å²) in [6, 6.07) is 14.2. The summed E-state index contributed by atoms with van der Waals surface area (Å²) in [4.78, 5) is 0. The molecular formula is C17H17FN4. The minimum atomic E-state index is -0.263. The van der Waals surface area contributed by atoms with Crippen molar-refractivity contribution in [1.82, 2.24) is 10.2 Å². The van der Waals surface area contributed by atoms with Gasteiger partial charge in [-0.05, 0) is 37.2 Å². The fourth-order valence-electron chi connectivity index (χ4n) is 2.36. The fourth-order valence-corrected chi connectivity index (χ4v) is 2.36. The van der Waals surface area contributed by atoms with E-state index in [9.17, 15) is 4.39 Å². The molecule has 4 nitrogen and oxygen atoms in total. The van der Waals surface area contributed by atoms with Crippen LogP contribution < -0.4 is 11.1 Å². The van der Waals surface area contributed by atoms with E-state index in [1.165, 1.54) is 12.1 Å². The van der Waals surface area contributed by atoms with Crippen molar-refractivity contribution in [2.45, 2.75) is 6.42 Å². The second-order valence-electron chi connectivity index (χ2n) is 5.02. The highest BCUT2D eigenvalue weighted by Gasteiger charge is 2.10. The van der Waals surface area contributed by atoms with Crippen LogP contribution in [0, 0.1) is 5.82 Å². The van der Waals surface area contributed by atoms with Crippen LogP contribution in [-0.2, 0) is 0 Å². The summed E-state index contributed by atoms with van der Waals surface area (Å²) in [5, 5.41) is 13.8. The highest BCUT2D eigenvalue weighted by molar-refractivity contribution is 5.99. The number of rotatable bonds is 5. The SMILES string of the molecule is NCCCNc1nnc(-c2ccc(F)cc2)c2ccccc12. The summed E-state index contributed by atoms with van der Waals surface area (Å²) in [7, 11) is 0. The number of hydrogen-bond donors (Lipinski definition) is 2. The van der Waals surface area contributed by atoms with Crippen molar-refractivity contribution in [3.8, 4) is 11.3 Å². The molecule has 3 rings (SSSR count). The smallest absolute Gasteiger partial charge is 0.156 e. The van der Waals surface area contributed by atoms with Gasteiger partial charge in [-0.25, -0.2) is 4.39 Å². The van der Waals surface area contributed by atoms with Crippen molar-refractivity contribution in [1.29, 1.82) is 0 Å². The molecule has 0 fully saturated rings. The van der Waals surface area contributed by atoms with Gasteiger partial charge >= 0.3 is 0 Å². The van der Waals surface area contributed by atoms with Crippen LogP contribution in [0.5, 0.6) is 0 Å². The Labute approximate surface area is 128 Å². The number of nitrogens with one attached hydrogen (secondary N) is 1. The van der Waals surface area contributed by atoms with Gasteiger partial charge in [-0.15, -0.1) is 10.2 Å². The van der Waals surface area contributed by atoms with Gasteiger partial charge in [0.15, 0.2) is 5.82 Å². The van der Waals surface area contributed by atoms with Crippen LogP contribution in [0.1, 0.15) is 6.42 Å². The van der Waals surface area contributed by atoms with Crippen LogP contribution in [0.2, 0.25) is 0 Å². The first kappa shape index (κ1) is 14.4. The molecule has 1 aromatic heterocycles. The van der Waals surface area contributed by atoms with Crippen LogP contribution in [0.25, 0.3) is 22.0 Å². The highest BCUT2D eigenvalue weighted by Crippen LogP contribution is 2.29. The van der Waals surface area contributed by atoms with Crippen LogP contribution in [-0.4, -0.2) is 23.3 Å². The minimum Gasteiger partial charge on any atom is -0.368 e. The van der Waals surface area contributed by atoms with Crippen LogP contribution in [0.15, 0.2) is 48.5 Å². The van der Waals surface area contributed by atoms with Gasteiger partial charge in [0.05, 0.1) is 0 Å². The van der Waals surface area contributed by atoms with E-state index in [0.717, 1.165) is 40.8 Å². The molecule has 22 heavy (non-hydrogen) atoms. The number of halogens is 1. The number of nitrogens with zero attached hydrogens (tertiary/aromatic N) is 2. The Balaban J connectivity index is 2.06. The Bertz CT molecular complexity index is 771. The molecule has 0 aliphatic heterocycles. The average Bonchev–Trinajstić information content (AvgIpc) is 2.56. The summed E-state index contributed by atoms with van der Waals surface area (Å²) in [5.41, 5.74) is 7.11. The molecule has 3 aromatic rings. The van der Waals surface area contributed by atoms with E-state index in [0.29, 0.717) is 6.54 Å². The number of hydrogen-bond acceptors (Lipinski definition) is 4. The molecule has 0 aliphatic carbocycles. The van der Waals surface area contributed by atoms with Gasteiger partial charge in [0.1, 0.15) is 11.5 Å². The maximum atomic E-state index is 13.1. The standard InChI is InChI=1S/C17H17FN4/c18-13-8-6-12(7-9-13)16-14-4-1-2-5-15(14)17(22-21-16)20-11-3-10-19/h1-2,4-9H,3,10-11,19H2,(H,20,22). The zero-order valence-electron chi connectivity index (χ0n) is 12.1. The lowest BCUT2D eigenvalue weighted by Crippen LogP contribution is -2.10. The highest BCUT2D eigenvalue weighted by atomic mass is 19.1. The lowest BCUT2D eigenvalue weighted by atomic mass is 10.0. The second-order valence-corrected chi connectivity index (χ2v) is 5.02. The molecule has 0 saturated carbocycles. The first-order valence-electron chi connectivity index (χ1n) is 7.25. The van der Waals surface area contributed by atoms with Gasteiger partial charge in [-0.1, -0.05) is 24.3 Å². The maximum absolute atomic E-state index is 13.1. The van der Waals surface area contributed by atoms with E-state index in [2.05, 4.69) is 15.5 Å². The van der Waals surface area contributed by atoms with Crippen LogP contribution >= 0.6 is 0 Å². The van der Waals surface area contributed by atoms with Gasteiger partial charge < -0.3 is 11.1 Å². The number of fused-ring (bicyclic) bond motifs is 1. The van der Waals surface area contributed by atoms with Crippen LogP contribution in [0.4, 0.5) is 10.2 Å². The molecule has 0 amide bonds. The third-order valence-electron chi connectivity index (χ3n) is 3.48. The molecule has 0 bridgehead atoms. The van der Waals surface area contributed by atoms with E-state index < -0.39 is 0 Å². The molecule has 112 valence electrons. The van der Waals surface area contributed by atoms with Crippen molar-refractivity contribution in [2.24, 2.45) is 5.73 Å². The summed E-state index contributed by atoms with van der Waals surface area (Å²) in [6.45, 7) is 1.39. The normalized spacial score (nSPS) is 10.8. The van der Waals surface area contributed by atoms with E-state index in [1.807, 2.05) is 24.3 Å². The van der Waals surface area contributed by atoms with E-state index in [1.54, 1.807) is 12.1 Å². The molecule has 3 N–H and O–H groups in total. The second kappa shape index (κ2) is 6.49. The minimum absolute atomic E-state index is 0.263. The fraction of sp³-hybridized carbons (Fsp3) is 0.176. The summed E-state index contributed by atoms with van der Waals surface area (Å²) in [5.74, 6) is 0.482. The average molecular weight is 296 g/mol. The van der Waals surface area contributed by atoms with Gasteiger partial charge in [0.25, 0.3) is 0 Å². The van der Waals surface area contributed by atoms with Crippen molar-refractivity contribution >= 4 is 16.6 Å². The molecular weight excluding hydrogens is 279 g/mol. The molecule has 0 aliphatic rings. The molecule has 2 aromatic carbocycles. The first-order chi connectivity index (χ1) is 10.8. The Morgan fingerprint density at radius 1 is 0.955 bits per heavy atom. The van der Waals surface area contributed by atoms with Gasteiger partial charge in [0.2, 0.25) is 0 Å². The topological polar surface area (TPSA) is 63.8 Å².